The van der Waals surface area contributed by atoms with Gasteiger partial charge in [0.15, 0.2) is 5.76 Å². The Labute approximate surface area is 137 Å². The van der Waals surface area contributed by atoms with Crippen LogP contribution in [0.2, 0.25) is 0 Å². The number of nitrogens with zero attached hydrogens (tertiary/aromatic N) is 1. The van der Waals surface area contributed by atoms with E-state index in [1.807, 2.05) is 20.8 Å². The van der Waals surface area contributed by atoms with Crippen LogP contribution in [0.4, 0.5) is 0 Å². The molecule has 6 nitrogen and oxygen atoms in total. The van der Waals surface area contributed by atoms with Crippen LogP contribution in [0.3, 0.4) is 0 Å². The van der Waals surface area contributed by atoms with Crippen molar-refractivity contribution in [3.8, 4) is 0 Å². The summed E-state index contributed by atoms with van der Waals surface area (Å²) in [5, 5.41) is 5.96. The SMILES string of the molecule is CCCNC(=O)C(C)N1CCC(NC(=O)c2occc2C)CC1. The van der Waals surface area contributed by atoms with Crippen molar-refractivity contribution >= 4 is 11.8 Å². The number of carbonyl (C=O) groups is 2. The monoisotopic (exact) mass is 321 g/mol. The Morgan fingerprint density at radius 3 is 2.65 bits per heavy atom. The Morgan fingerprint density at radius 2 is 2.09 bits per heavy atom. The lowest BCUT2D eigenvalue weighted by molar-refractivity contribution is -0.126. The molecule has 1 saturated heterocycles. The highest BCUT2D eigenvalue weighted by Gasteiger charge is 2.27. The molecule has 0 spiro atoms. The average molecular weight is 321 g/mol. The summed E-state index contributed by atoms with van der Waals surface area (Å²) in [7, 11) is 0. The molecule has 1 aromatic rings. The second-order valence-electron chi connectivity index (χ2n) is 6.18. The van der Waals surface area contributed by atoms with Gasteiger partial charge in [0.1, 0.15) is 0 Å². The Morgan fingerprint density at radius 1 is 1.39 bits per heavy atom. The Hall–Kier alpha value is -1.82. The quantitative estimate of drug-likeness (QED) is 0.836. The van der Waals surface area contributed by atoms with Gasteiger partial charge in [-0.2, -0.15) is 0 Å². The fraction of sp³-hybridized carbons (Fsp3) is 0.647. The number of likely N-dealkylation sites (tertiary alicyclic amines) is 1. The maximum absolute atomic E-state index is 12.2. The highest BCUT2D eigenvalue weighted by atomic mass is 16.3. The van der Waals surface area contributed by atoms with E-state index in [2.05, 4.69) is 15.5 Å². The molecule has 1 aromatic heterocycles. The van der Waals surface area contributed by atoms with Gasteiger partial charge in [-0.1, -0.05) is 6.92 Å². The molecule has 23 heavy (non-hydrogen) atoms. The molecule has 2 amide bonds. The summed E-state index contributed by atoms with van der Waals surface area (Å²) in [6.07, 6.45) is 4.16. The predicted molar refractivity (Wildman–Crippen MR) is 88.3 cm³/mol. The van der Waals surface area contributed by atoms with Crippen LogP contribution in [0.15, 0.2) is 16.7 Å². The zero-order valence-electron chi connectivity index (χ0n) is 14.2. The maximum atomic E-state index is 12.2. The largest absolute Gasteiger partial charge is 0.459 e. The number of hydrogen-bond donors (Lipinski definition) is 2. The number of aryl methyl sites for hydroxylation is 1. The third-order valence-electron chi connectivity index (χ3n) is 4.41. The molecule has 6 heteroatoms. The van der Waals surface area contributed by atoms with Gasteiger partial charge in [0.25, 0.3) is 5.91 Å². The van der Waals surface area contributed by atoms with E-state index < -0.39 is 0 Å². The second-order valence-corrected chi connectivity index (χ2v) is 6.18. The second kappa shape index (κ2) is 8.15. The molecular weight excluding hydrogens is 294 g/mol. The first-order valence-corrected chi connectivity index (χ1v) is 8.39. The van der Waals surface area contributed by atoms with E-state index in [1.54, 1.807) is 6.07 Å². The predicted octanol–water partition coefficient (Wildman–Crippen LogP) is 1.70. The number of furan rings is 1. The summed E-state index contributed by atoms with van der Waals surface area (Å²) in [5.41, 5.74) is 0.848. The van der Waals surface area contributed by atoms with Crippen molar-refractivity contribution in [2.24, 2.45) is 0 Å². The molecule has 1 fully saturated rings. The van der Waals surface area contributed by atoms with E-state index in [0.717, 1.165) is 44.5 Å². The fourth-order valence-electron chi connectivity index (χ4n) is 2.85. The lowest BCUT2D eigenvalue weighted by Crippen LogP contribution is -2.51. The first kappa shape index (κ1) is 17.5. The number of piperidine rings is 1. The molecular formula is C17H27N3O3. The van der Waals surface area contributed by atoms with Crippen LogP contribution in [0.5, 0.6) is 0 Å². The van der Waals surface area contributed by atoms with Crippen LogP contribution in [0.1, 0.15) is 49.2 Å². The first-order valence-electron chi connectivity index (χ1n) is 8.39. The highest BCUT2D eigenvalue weighted by molar-refractivity contribution is 5.93. The standard InChI is InChI=1S/C17H27N3O3/c1-4-8-18-16(21)13(3)20-9-5-14(6-10-20)19-17(22)15-12(2)7-11-23-15/h7,11,13-14H,4-6,8-10H2,1-3H3,(H,18,21)(H,19,22). The molecule has 0 bridgehead atoms. The molecule has 1 aliphatic heterocycles. The molecule has 2 rings (SSSR count). The first-order chi connectivity index (χ1) is 11.0. The minimum absolute atomic E-state index is 0.0838. The minimum Gasteiger partial charge on any atom is -0.459 e. The summed E-state index contributed by atoms with van der Waals surface area (Å²) >= 11 is 0. The number of hydrogen-bond acceptors (Lipinski definition) is 4. The van der Waals surface area contributed by atoms with Crippen molar-refractivity contribution in [3.05, 3.63) is 23.7 Å². The average Bonchev–Trinajstić information content (AvgIpc) is 2.98. The van der Waals surface area contributed by atoms with Gasteiger partial charge < -0.3 is 15.1 Å². The van der Waals surface area contributed by atoms with E-state index >= 15 is 0 Å². The third kappa shape index (κ3) is 4.58. The van der Waals surface area contributed by atoms with E-state index in [4.69, 9.17) is 4.42 Å². The van der Waals surface area contributed by atoms with Crippen LogP contribution in [-0.2, 0) is 4.79 Å². The Bertz CT molecular complexity index is 533. The number of rotatable bonds is 6. The van der Waals surface area contributed by atoms with Crippen molar-refractivity contribution in [3.63, 3.8) is 0 Å². The van der Waals surface area contributed by atoms with Crippen molar-refractivity contribution in [1.29, 1.82) is 0 Å². The summed E-state index contributed by atoms with van der Waals surface area (Å²) < 4.78 is 5.22. The zero-order chi connectivity index (χ0) is 16.8. The van der Waals surface area contributed by atoms with E-state index in [-0.39, 0.29) is 23.9 Å². The van der Waals surface area contributed by atoms with Crippen LogP contribution in [0, 0.1) is 6.92 Å². The molecule has 0 saturated carbocycles. The molecule has 1 atom stereocenters. The van der Waals surface area contributed by atoms with Gasteiger partial charge in [-0.3, -0.25) is 14.5 Å². The summed E-state index contributed by atoms with van der Waals surface area (Å²) in [6.45, 7) is 8.18. The van der Waals surface area contributed by atoms with Crippen LogP contribution >= 0.6 is 0 Å². The summed E-state index contributed by atoms with van der Waals surface area (Å²) in [6, 6.07) is 1.80. The number of carbonyl (C=O) groups excluding carboxylic acids is 2. The zero-order valence-corrected chi connectivity index (χ0v) is 14.2. The van der Waals surface area contributed by atoms with E-state index in [1.165, 1.54) is 6.26 Å². The van der Waals surface area contributed by atoms with E-state index in [0.29, 0.717) is 5.76 Å². The van der Waals surface area contributed by atoms with Crippen molar-refractivity contribution in [2.75, 3.05) is 19.6 Å². The highest BCUT2D eigenvalue weighted by Crippen LogP contribution is 2.15. The Kier molecular flexibility index (Phi) is 6.21. The fourth-order valence-corrected chi connectivity index (χ4v) is 2.85. The lowest BCUT2D eigenvalue weighted by atomic mass is 10.0. The molecule has 0 radical (unpaired) electrons. The normalized spacial score (nSPS) is 17.7. The maximum Gasteiger partial charge on any atom is 0.287 e. The van der Waals surface area contributed by atoms with Gasteiger partial charge in [-0.15, -0.1) is 0 Å². The molecule has 128 valence electrons. The van der Waals surface area contributed by atoms with E-state index in [9.17, 15) is 9.59 Å². The van der Waals surface area contributed by atoms with Gasteiger partial charge in [-0.25, -0.2) is 0 Å². The summed E-state index contributed by atoms with van der Waals surface area (Å²) in [5.74, 6) is 0.319. The van der Waals surface area contributed by atoms with Crippen molar-refractivity contribution in [2.45, 2.75) is 52.1 Å². The van der Waals surface area contributed by atoms with Gasteiger partial charge in [0.05, 0.1) is 12.3 Å². The minimum atomic E-state index is -0.153. The molecule has 2 N–H and O–H groups in total. The molecule has 1 unspecified atom stereocenters. The van der Waals surface area contributed by atoms with Crippen LogP contribution < -0.4 is 10.6 Å². The topological polar surface area (TPSA) is 74.6 Å². The molecule has 1 aliphatic rings. The molecule has 2 heterocycles. The number of nitrogens with one attached hydrogen (secondary N) is 2. The molecule has 0 aromatic carbocycles. The smallest absolute Gasteiger partial charge is 0.287 e. The van der Waals surface area contributed by atoms with Gasteiger partial charge in [-0.05, 0) is 39.2 Å². The lowest BCUT2D eigenvalue weighted by Gasteiger charge is -2.35. The van der Waals surface area contributed by atoms with Crippen molar-refractivity contribution < 1.29 is 14.0 Å². The molecule has 0 aliphatic carbocycles. The van der Waals surface area contributed by atoms with Gasteiger partial charge in [0, 0.05) is 31.2 Å². The van der Waals surface area contributed by atoms with Gasteiger partial charge >= 0.3 is 0 Å². The number of amides is 2. The third-order valence-corrected chi connectivity index (χ3v) is 4.41. The Balaban J connectivity index is 1.78. The van der Waals surface area contributed by atoms with Crippen LogP contribution in [-0.4, -0.2) is 48.4 Å². The van der Waals surface area contributed by atoms with Crippen LogP contribution in [0.25, 0.3) is 0 Å². The van der Waals surface area contributed by atoms with Crippen molar-refractivity contribution in [1.82, 2.24) is 15.5 Å². The summed E-state index contributed by atoms with van der Waals surface area (Å²) in [4.78, 5) is 26.3. The van der Waals surface area contributed by atoms with Gasteiger partial charge in [0.2, 0.25) is 5.91 Å².